The number of anilines is 1. The average molecular weight is 215 g/mol. The third-order valence-electron chi connectivity index (χ3n) is 2.05. The van der Waals surface area contributed by atoms with Crippen molar-refractivity contribution in [2.75, 3.05) is 11.9 Å². The molecular weight excluding hydrogens is 207 g/mol. The Morgan fingerprint density at radius 3 is 2.85 bits per heavy atom. The average Bonchev–Trinajstić information content (AvgIpc) is 2.15. The van der Waals surface area contributed by atoms with Crippen LogP contribution in [0.3, 0.4) is 0 Å². The molecular formula is C9H8Cl2N2. The van der Waals surface area contributed by atoms with E-state index in [2.05, 4.69) is 4.99 Å². The zero-order valence-electron chi connectivity index (χ0n) is 7.04. The molecule has 0 amide bonds. The number of hydrogen-bond donors (Lipinski definition) is 0. The van der Waals surface area contributed by atoms with Gasteiger partial charge in [0.1, 0.15) is 5.17 Å². The summed E-state index contributed by atoms with van der Waals surface area (Å²) < 4.78 is 0. The highest BCUT2D eigenvalue weighted by atomic mass is 35.5. The lowest BCUT2D eigenvalue weighted by Crippen LogP contribution is -2.30. The van der Waals surface area contributed by atoms with E-state index in [1.165, 1.54) is 0 Å². The lowest BCUT2D eigenvalue weighted by molar-refractivity contribution is 0.851. The highest BCUT2D eigenvalue weighted by Gasteiger charge is 2.21. The molecule has 4 heteroatoms. The summed E-state index contributed by atoms with van der Waals surface area (Å²) in [5.41, 5.74) is 1.55. The van der Waals surface area contributed by atoms with Crippen molar-refractivity contribution in [1.82, 2.24) is 0 Å². The number of rotatable bonds is 0. The summed E-state index contributed by atoms with van der Waals surface area (Å²) in [7, 11) is 1.89. The number of nitrogens with zero attached hydrogens (tertiary/aromatic N) is 2. The SMILES string of the molecule is CN1c2ccccc2C(Cl)=NC1Cl. The summed E-state index contributed by atoms with van der Waals surface area (Å²) >= 11 is 11.9. The van der Waals surface area contributed by atoms with Crippen LogP contribution in [0, 0.1) is 0 Å². The third-order valence-corrected chi connectivity index (χ3v) is 2.74. The van der Waals surface area contributed by atoms with Gasteiger partial charge in [-0.05, 0) is 12.1 Å². The summed E-state index contributed by atoms with van der Waals surface area (Å²) in [4.78, 5) is 5.96. The van der Waals surface area contributed by atoms with Crippen LogP contribution in [0.5, 0.6) is 0 Å². The van der Waals surface area contributed by atoms with Crippen LogP contribution in [-0.4, -0.2) is 17.8 Å². The Morgan fingerprint density at radius 1 is 1.38 bits per heavy atom. The number of fused-ring (bicyclic) bond motifs is 1. The Labute approximate surface area is 86.8 Å². The fourth-order valence-electron chi connectivity index (χ4n) is 1.32. The molecule has 0 aliphatic carbocycles. The minimum absolute atomic E-state index is 0.401. The first-order valence-corrected chi connectivity index (χ1v) is 4.71. The molecule has 2 rings (SSSR count). The van der Waals surface area contributed by atoms with E-state index in [1.807, 2.05) is 36.2 Å². The van der Waals surface area contributed by atoms with E-state index in [0.29, 0.717) is 5.17 Å². The summed E-state index contributed by atoms with van der Waals surface area (Å²) in [5.74, 6) is 0. The third kappa shape index (κ3) is 1.40. The minimum atomic E-state index is -0.401. The van der Waals surface area contributed by atoms with E-state index in [4.69, 9.17) is 23.2 Å². The van der Waals surface area contributed by atoms with Crippen LogP contribution in [0.1, 0.15) is 5.56 Å². The standard InChI is InChI=1S/C9H8Cl2N2/c1-13-7-5-3-2-4-6(7)8(10)12-9(13)11/h2-5,9H,1H3. The highest BCUT2D eigenvalue weighted by Crippen LogP contribution is 2.29. The second kappa shape index (κ2) is 3.20. The molecule has 0 radical (unpaired) electrons. The Hall–Kier alpha value is -0.730. The second-order valence-electron chi connectivity index (χ2n) is 2.86. The van der Waals surface area contributed by atoms with Gasteiger partial charge >= 0.3 is 0 Å². The van der Waals surface area contributed by atoms with E-state index >= 15 is 0 Å². The van der Waals surface area contributed by atoms with Crippen molar-refractivity contribution < 1.29 is 0 Å². The molecule has 0 fully saturated rings. The fourth-order valence-corrected chi connectivity index (χ4v) is 1.83. The van der Waals surface area contributed by atoms with Gasteiger partial charge in [0.15, 0.2) is 5.62 Å². The molecule has 2 nitrogen and oxygen atoms in total. The monoisotopic (exact) mass is 214 g/mol. The molecule has 1 aliphatic rings. The van der Waals surface area contributed by atoms with Gasteiger partial charge in [-0.15, -0.1) is 0 Å². The van der Waals surface area contributed by atoms with Crippen molar-refractivity contribution in [3.05, 3.63) is 29.8 Å². The molecule has 13 heavy (non-hydrogen) atoms. The van der Waals surface area contributed by atoms with Gasteiger partial charge in [0.25, 0.3) is 0 Å². The Bertz CT molecular complexity index is 362. The van der Waals surface area contributed by atoms with Crippen molar-refractivity contribution in [1.29, 1.82) is 0 Å². The lowest BCUT2D eigenvalue weighted by Gasteiger charge is -2.28. The summed E-state index contributed by atoms with van der Waals surface area (Å²) in [6.07, 6.45) is 0. The van der Waals surface area contributed by atoms with Crippen molar-refractivity contribution >= 4 is 34.1 Å². The van der Waals surface area contributed by atoms with Crippen LogP contribution in [0.15, 0.2) is 29.3 Å². The summed E-state index contributed by atoms with van der Waals surface area (Å²) in [6, 6.07) is 7.79. The number of aliphatic imine (C=N–C) groups is 1. The van der Waals surface area contributed by atoms with Crippen LogP contribution in [0.2, 0.25) is 0 Å². The van der Waals surface area contributed by atoms with Crippen LogP contribution >= 0.6 is 23.2 Å². The van der Waals surface area contributed by atoms with Crippen molar-refractivity contribution in [2.24, 2.45) is 4.99 Å². The first kappa shape index (κ1) is 8.85. The molecule has 0 saturated carbocycles. The number of hydrogen-bond acceptors (Lipinski definition) is 2. The van der Waals surface area contributed by atoms with Gasteiger partial charge in [-0.25, -0.2) is 4.99 Å². The molecule has 0 N–H and O–H groups in total. The van der Waals surface area contributed by atoms with E-state index < -0.39 is 5.62 Å². The largest absolute Gasteiger partial charge is 0.340 e. The van der Waals surface area contributed by atoms with Crippen LogP contribution in [-0.2, 0) is 0 Å². The van der Waals surface area contributed by atoms with E-state index in [0.717, 1.165) is 11.3 Å². The molecule has 0 saturated heterocycles. The maximum absolute atomic E-state index is 5.95. The molecule has 1 unspecified atom stereocenters. The van der Waals surface area contributed by atoms with Gasteiger partial charge in [-0.1, -0.05) is 35.3 Å². The maximum Gasteiger partial charge on any atom is 0.199 e. The predicted molar refractivity (Wildman–Crippen MR) is 56.9 cm³/mol. The molecule has 1 aliphatic heterocycles. The maximum atomic E-state index is 5.95. The molecule has 0 spiro atoms. The van der Waals surface area contributed by atoms with Crippen molar-refractivity contribution in [3.63, 3.8) is 0 Å². The van der Waals surface area contributed by atoms with Gasteiger partial charge in [0.2, 0.25) is 0 Å². The van der Waals surface area contributed by atoms with Crippen LogP contribution < -0.4 is 4.90 Å². The van der Waals surface area contributed by atoms with Crippen molar-refractivity contribution in [2.45, 2.75) is 5.62 Å². The minimum Gasteiger partial charge on any atom is -0.340 e. The Morgan fingerprint density at radius 2 is 2.08 bits per heavy atom. The van der Waals surface area contributed by atoms with Crippen molar-refractivity contribution in [3.8, 4) is 0 Å². The molecule has 68 valence electrons. The van der Waals surface area contributed by atoms with E-state index in [-0.39, 0.29) is 0 Å². The van der Waals surface area contributed by atoms with E-state index in [9.17, 15) is 0 Å². The highest BCUT2D eigenvalue weighted by molar-refractivity contribution is 6.70. The summed E-state index contributed by atoms with van der Waals surface area (Å²) in [5, 5.41) is 0.480. The van der Waals surface area contributed by atoms with Crippen LogP contribution in [0.25, 0.3) is 0 Å². The van der Waals surface area contributed by atoms with Crippen LogP contribution in [0.4, 0.5) is 5.69 Å². The first-order valence-electron chi connectivity index (χ1n) is 3.90. The quantitative estimate of drug-likeness (QED) is 0.479. The lowest BCUT2D eigenvalue weighted by atomic mass is 10.1. The molecule has 1 aromatic carbocycles. The summed E-state index contributed by atoms with van der Waals surface area (Å²) in [6.45, 7) is 0. The molecule has 1 heterocycles. The molecule has 1 aromatic rings. The number of halogens is 2. The van der Waals surface area contributed by atoms with Gasteiger partial charge in [0.05, 0.1) is 0 Å². The zero-order chi connectivity index (χ0) is 9.42. The van der Waals surface area contributed by atoms with Gasteiger partial charge in [0, 0.05) is 18.3 Å². The number of benzene rings is 1. The normalized spacial score (nSPS) is 21.0. The van der Waals surface area contributed by atoms with Gasteiger partial charge in [-0.3, -0.25) is 0 Å². The Balaban J connectivity index is 2.58. The zero-order valence-corrected chi connectivity index (χ0v) is 8.55. The van der Waals surface area contributed by atoms with Gasteiger partial charge in [-0.2, -0.15) is 0 Å². The molecule has 1 atom stereocenters. The second-order valence-corrected chi connectivity index (χ2v) is 3.61. The molecule has 0 bridgehead atoms. The predicted octanol–water partition coefficient (Wildman–Crippen LogP) is 2.64. The first-order chi connectivity index (χ1) is 6.20. The van der Waals surface area contributed by atoms with Gasteiger partial charge < -0.3 is 4.90 Å². The number of alkyl halides is 1. The topological polar surface area (TPSA) is 15.6 Å². The smallest absolute Gasteiger partial charge is 0.199 e. The molecule has 0 aromatic heterocycles. The Kier molecular flexibility index (Phi) is 2.18. The van der Waals surface area contributed by atoms with E-state index in [1.54, 1.807) is 0 Å². The fraction of sp³-hybridized carbons (Fsp3) is 0.222. The number of para-hydroxylation sites is 1.